The fourth-order valence-electron chi connectivity index (χ4n) is 2.22. The lowest BCUT2D eigenvalue weighted by molar-refractivity contribution is -0.142. The van der Waals surface area contributed by atoms with Crippen LogP contribution in [0.15, 0.2) is 24.3 Å². The van der Waals surface area contributed by atoms with Crippen molar-refractivity contribution >= 4 is 17.8 Å². The fraction of sp³-hybridized carbons (Fsp3) is 0.308. The number of hydrogen-bond donors (Lipinski definition) is 2. The van der Waals surface area contributed by atoms with Crippen LogP contribution in [0.3, 0.4) is 0 Å². The molecule has 1 aromatic carbocycles. The predicted octanol–water partition coefficient (Wildman–Crippen LogP) is 0.361. The van der Waals surface area contributed by atoms with Crippen molar-refractivity contribution in [2.75, 3.05) is 0 Å². The number of carbonyl (C=O) groups excluding carboxylic acids is 2. The standard InChI is InChI=1S/C13H14N2O4/c14-11(16)6-5-10(13(18)19)15-7-8-3-1-2-4-9(8)12(15)17/h1-4,10H,5-7H2,(H2,14,16)(H,18,19)/t10-/m0/s1. The molecule has 0 spiro atoms. The van der Waals surface area contributed by atoms with E-state index in [1.807, 2.05) is 0 Å². The fourth-order valence-corrected chi connectivity index (χ4v) is 2.22. The number of carbonyl (C=O) groups is 3. The summed E-state index contributed by atoms with van der Waals surface area (Å²) < 4.78 is 0. The molecule has 100 valence electrons. The van der Waals surface area contributed by atoms with Gasteiger partial charge in [0.15, 0.2) is 0 Å². The molecule has 0 aliphatic carbocycles. The van der Waals surface area contributed by atoms with Gasteiger partial charge in [-0.2, -0.15) is 0 Å². The summed E-state index contributed by atoms with van der Waals surface area (Å²) >= 11 is 0. The Morgan fingerprint density at radius 1 is 1.37 bits per heavy atom. The number of fused-ring (bicyclic) bond motifs is 1. The van der Waals surface area contributed by atoms with Crippen LogP contribution in [0, 0.1) is 0 Å². The highest BCUT2D eigenvalue weighted by molar-refractivity contribution is 6.00. The average Bonchev–Trinajstić information content (AvgIpc) is 2.67. The quantitative estimate of drug-likeness (QED) is 0.800. The highest BCUT2D eigenvalue weighted by Gasteiger charge is 2.35. The molecule has 0 saturated carbocycles. The van der Waals surface area contributed by atoms with Gasteiger partial charge < -0.3 is 15.7 Å². The first-order chi connectivity index (χ1) is 9.00. The number of carboxylic acid groups (broad SMARTS) is 1. The van der Waals surface area contributed by atoms with Crippen LogP contribution in [-0.2, 0) is 16.1 Å². The molecular formula is C13H14N2O4. The molecule has 6 nitrogen and oxygen atoms in total. The molecule has 1 aromatic rings. The normalized spacial score (nSPS) is 15.2. The van der Waals surface area contributed by atoms with Gasteiger partial charge in [-0.3, -0.25) is 9.59 Å². The largest absolute Gasteiger partial charge is 0.480 e. The Morgan fingerprint density at radius 3 is 2.63 bits per heavy atom. The molecular weight excluding hydrogens is 248 g/mol. The summed E-state index contributed by atoms with van der Waals surface area (Å²) in [4.78, 5) is 35.4. The second-order valence-corrected chi connectivity index (χ2v) is 4.45. The highest BCUT2D eigenvalue weighted by atomic mass is 16.4. The Balaban J connectivity index is 2.19. The highest BCUT2D eigenvalue weighted by Crippen LogP contribution is 2.25. The maximum Gasteiger partial charge on any atom is 0.326 e. The molecule has 0 radical (unpaired) electrons. The minimum Gasteiger partial charge on any atom is -0.480 e. The number of primary amides is 1. The van der Waals surface area contributed by atoms with Crippen LogP contribution in [0.25, 0.3) is 0 Å². The van der Waals surface area contributed by atoms with Crippen LogP contribution in [0.1, 0.15) is 28.8 Å². The van der Waals surface area contributed by atoms with Crippen LogP contribution >= 0.6 is 0 Å². The zero-order valence-corrected chi connectivity index (χ0v) is 10.2. The third-order valence-corrected chi connectivity index (χ3v) is 3.17. The second kappa shape index (κ2) is 5.09. The van der Waals surface area contributed by atoms with E-state index in [2.05, 4.69) is 0 Å². The van der Waals surface area contributed by atoms with E-state index >= 15 is 0 Å². The molecule has 2 amide bonds. The molecule has 1 aliphatic rings. The summed E-state index contributed by atoms with van der Waals surface area (Å²) in [5.41, 5.74) is 6.35. The van der Waals surface area contributed by atoms with E-state index in [4.69, 9.17) is 5.73 Å². The van der Waals surface area contributed by atoms with Crippen LogP contribution in [0.5, 0.6) is 0 Å². The van der Waals surface area contributed by atoms with E-state index in [9.17, 15) is 19.5 Å². The first-order valence-corrected chi connectivity index (χ1v) is 5.90. The summed E-state index contributed by atoms with van der Waals surface area (Å²) in [6.07, 6.45) is -0.0263. The van der Waals surface area contributed by atoms with Crippen molar-refractivity contribution in [1.82, 2.24) is 4.90 Å². The maximum atomic E-state index is 12.1. The van der Waals surface area contributed by atoms with Crippen LogP contribution in [0.4, 0.5) is 0 Å². The van der Waals surface area contributed by atoms with Gasteiger partial charge in [0.1, 0.15) is 6.04 Å². The first-order valence-electron chi connectivity index (χ1n) is 5.90. The van der Waals surface area contributed by atoms with Gasteiger partial charge in [-0.25, -0.2) is 4.79 Å². The number of carboxylic acids is 1. The lowest BCUT2D eigenvalue weighted by Gasteiger charge is -2.23. The lowest BCUT2D eigenvalue weighted by atomic mass is 10.1. The molecule has 0 unspecified atom stereocenters. The monoisotopic (exact) mass is 262 g/mol. The molecule has 6 heteroatoms. The number of rotatable bonds is 5. The van der Waals surface area contributed by atoms with Gasteiger partial charge in [0.2, 0.25) is 5.91 Å². The summed E-state index contributed by atoms with van der Waals surface area (Å²) in [6, 6.07) is 5.98. The van der Waals surface area contributed by atoms with Crippen molar-refractivity contribution in [2.45, 2.75) is 25.4 Å². The molecule has 0 saturated heterocycles. The number of aliphatic carboxylic acids is 1. The zero-order valence-electron chi connectivity index (χ0n) is 10.2. The molecule has 0 bridgehead atoms. The van der Waals surface area contributed by atoms with Crippen molar-refractivity contribution in [3.05, 3.63) is 35.4 Å². The van der Waals surface area contributed by atoms with Gasteiger partial charge >= 0.3 is 5.97 Å². The number of hydrogen-bond acceptors (Lipinski definition) is 3. The Hall–Kier alpha value is -2.37. The van der Waals surface area contributed by atoms with E-state index in [1.54, 1.807) is 24.3 Å². The van der Waals surface area contributed by atoms with Gasteiger partial charge in [-0.1, -0.05) is 18.2 Å². The van der Waals surface area contributed by atoms with Crippen molar-refractivity contribution in [3.8, 4) is 0 Å². The van der Waals surface area contributed by atoms with Crippen LogP contribution in [0.2, 0.25) is 0 Å². The third-order valence-electron chi connectivity index (χ3n) is 3.17. The minimum absolute atomic E-state index is 0.0321. The van der Waals surface area contributed by atoms with Gasteiger partial charge in [-0.05, 0) is 18.1 Å². The van der Waals surface area contributed by atoms with Crippen molar-refractivity contribution in [3.63, 3.8) is 0 Å². The van der Waals surface area contributed by atoms with E-state index < -0.39 is 17.9 Å². The minimum atomic E-state index is -1.12. The Morgan fingerprint density at radius 2 is 2.05 bits per heavy atom. The number of nitrogens with two attached hydrogens (primary N) is 1. The Bertz CT molecular complexity index is 541. The molecule has 19 heavy (non-hydrogen) atoms. The molecule has 1 heterocycles. The topological polar surface area (TPSA) is 101 Å². The Kier molecular flexibility index (Phi) is 3.50. The lowest BCUT2D eigenvalue weighted by Crippen LogP contribution is -2.41. The van der Waals surface area contributed by atoms with E-state index in [0.29, 0.717) is 5.56 Å². The summed E-state index contributed by atoms with van der Waals surface area (Å²) in [5, 5.41) is 9.20. The summed E-state index contributed by atoms with van der Waals surface area (Å²) in [6.45, 7) is 0.255. The maximum absolute atomic E-state index is 12.1. The van der Waals surface area contributed by atoms with Crippen molar-refractivity contribution in [2.24, 2.45) is 5.73 Å². The molecule has 0 fully saturated rings. The van der Waals surface area contributed by atoms with E-state index in [1.165, 1.54) is 4.90 Å². The third kappa shape index (κ3) is 2.57. The summed E-state index contributed by atoms with van der Waals surface area (Å²) in [7, 11) is 0. The molecule has 1 aliphatic heterocycles. The number of amides is 2. The molecule has 1 atom stereocenters. The van der Waals surface area contributed by atoms with Crippen LogP contribution in [-0.4, -0.2) is 33.8 Å². The molecule has 0 aromatic heterocycles. The smallest absolute Gasteiger partial charge is 0.326 e. The van der Waals surface area contributed by atoms with Crippen LogP contribution < -0.4 is 5.73 Å². The first kappa shape index (κ1) is 13.1. The zero-order chi connectivity index (χ0) is 14.0. The van der Waals surface area contributed by atoms with Gasteiger partial charge in [0.25, 0.3) is 5.91 Å². The second-order valence-electron chi connectivity index (χ2n) is 4.45. The van der Waals surface area contributed by atoms with Gasteiger partial charge in [0, 0.05) is 18.5 Å². The van der Waals surface area contributed by atoms with E-state index in [0.717, 1.165) is 5.56 Å². The number of nitrogens with zero attached hydrogens (tertiary/aromatic N) is 1. The van der Waals surface area contributed by atoms with Gasteiger partial charge in [0.05, 0.1) is 0 Å². The molecule has 2 rings (SSSR count). The predicted molar refractivity (Wildman–Crippen MR) is 66.2 cm³/mol. The average molecular weight is 262 g/mol. The Labute approximate surface area is 109 Å². The summed E-state index contributed by atoms with van der Waals surface area (Å²) in [5.74, 6) is -2.01. The SMILES string of the molecule is NC(=O)CC[C@@H](C(=O)O)N1Cc2ccccc2C1=O. The van der Waals surface area contributed by atoms with E-state index in [-0.39, 0.29) is 25.3 Å². The number of benzene rings is 1. The molecule has 3 N–H and O–H groups in total. The van der Waals surface area contributed by atoms with Crippen molar-refractivity contribution < 1.29 is 19.5 Å². The van der Waals surface area contributed by atoms with Crippen molar-refractivity contribution in [1.29, 1.82) is 0 Å². The van der Waals surface area contributed by atoms with Gasteiger partial charge in [-0.15, -0.1) is 0 Å².